The normalized spacial score (nSPS) is 23.9. The smallest absolute Gasteiger partial charge is 0.241 e. The molecule has 1 saturated heterocycles. The van der Waals surface area contributed by atoms with E-state index in [2.05, 4.69) is 24.0 Å². The lowest BCUT2D eigenvalue weighted by molar-refractivity contribution is -0.120. The Morgan fingerprint density at radius 2 is 1.95 bits per heavy atom. The molecule has 0 spiro atoms. The SMILES string of the molecule is CC1CCN(C(=O)CN2CCC(O)CC2)c2ccccc2S1. The van der Waals surface area contributed by atoms with Gasteiger partial charge in [-0.25, -0.2) is 0 Å². The van der Waals surface area contributed by atoms with E-state index in [1.165, 1.54) is 4.90 Å². The molecule has 1 unspecified atom stereocenters. The average molecular weight is 320 g/mol. The lowest BCUT2D eigenvalue weighted by atomic mass is 10.1. The van der Waals surface area contributed by atoms with Crippen LogP contribution >= 0.6 is 11.8 Å². The lowest BCUT2D eigenvalue weighted by Crippen LogP contribution is -2.44. The number of carbonyl (C=O) groups is 1. The van der Waals surface area contributed by atoms with Crippen LogP contribution in [0, 0.1) is 0 Å². The second kappa shape index (κ2) is 7.02. The number of carbonyl (C=O) groups excluding carboxylic acids is 1. The molecule has 1 amide bonds. The first-order valence-electron chi connectivity index (χ1n) is 8.10. The number of hydrogen-bond acceptors (Lipinski definition) is 4. The second-order valence-electron chi connectivity index (χ2n) is 6.24. The Morgan fingerprint density at radius 1 is 1.23 bits per heavy atom. The Kier molecular flexibility index (Phi) is 5.06. The first kappa shape index (κ1) is 15.8. The predicted molar refractivity (Wildman–Crippen MR) is 90.4 cm³/mol. The van der Waals surface area contributed by atoms with Gasteiger partial charge in [-0.15, -0.1) is 11.8 Å². The molecule has 1 N–H and O–H groups in total. The van der Waals surface area contributed by atoms with E-state index in [1.807, 2.05) is 28.8 Å². The Balaban J connectivity index is 1.72. The van der Waals surface area contributed by atoms with Crippen molar-refractivity contribution in [1.82, 2.24) is 4.90 Å². The summed E-state index contributed by atoms with van der Waals surface area (Å²) in [4.78, 5) is 18.1. The third-order valence-electron chi connectivity index (χ3n) is 4.46. The van der Waals surface area contributed by atoms with Gasteiger partial charge in [-0.1, -0.05) is 19.1 Å². The van der Waals surface area contributed by atoms with Gasteiger partial charge in [0.2, 0.25) is 5.91 Å². The first-order valence-corrected chi connectivity index (χ1v) is 8.98. The topological polar surface area (TPSA) is 43.8 Å². The van der Waals surface area contributed by atoms with Crippen LogP contribution in [0.15, 0.2) is 29.2 Å². The van der Waals surface area contributed by atoms with Crippen LogP contribution in [0.3, 0.4) is 0 Å². The molecule has 0 aromatic heterocycles. The molecular formula is C17H24N2O2S. The van der Waals surface area contributed by atoms with E-state index in [0.29, 0.717) is 11.8 Å². The van der Waals surface area contributed by atoms with Crippen molar-refractivity contribution in [2.45, 2.75) is 42.4 Å². The zero-order valence-corrected chi connectivity index (χ0v) is 13.9. The summed E-state index contributed by atoms with van der Waals surface area (Å²) in [5, 5.41) is 10.1. The van der Waals surface area contributed by atoms with Crippen molar-refractivity contribution in [3.63, 3.8) is 0 Å². The summed E-state index contributed by atoms with van der Waals surface area (Å²) in [6.45, 7) is 5.10. The molecule has 2 aliphatic rings. The van der Waals surface area contributed by atoms with Crippen molar-refractivity contribution in [2.24, 2.45) is 0 Å². The number of likely N-dealkylation sites (tertiary alicyclic amines) is 1. The minimum atomic E-state index is -0.192. The summed E-state index contributed by atoms with van der Waals surface area (Å²) in [6.07, 6.45) is 2.37. The van der Waals surface area contributed by atoms with E-state index in [-0.39, 0.29) is 12.0 Å². The van der Waals surface area contributed by atoms with Gasteiger partial charge in [0.15, 0.2) is 0 Å². The van der Waals surface area contributed by atoms with E-state index in [1.54, 1.807) is 0 Å². The van der Waals surface area contributed by atoms with Crippen molar-refractivity contribution < 1.29 is 9.90 Å². The Labute approximate surface area is 136 Å². The van der Waals surface area contributed by atoms with Crippen molar-refractivity contribution in [1.29, 1.82) is 0 Å². The summed E-state index contributed by atoms with van der Waals surface area (Å²) in [5.41, 5.74) is 1.05. The highest BCUT2D eigenvalue weighted by atomic mass is 32.2. The molecule has 0 aliphatic carbocycles. The highest BCUT2D eigenvalue weighted by molar-refractivity contribution is 8.00. The number of hydrogen-bond donors (Lipinski definition) is 1. The van der Waals surface area contributed by atoms with Crippen LogP contribution in [0.2, 0.25) is 0 Å². The summed E-state index contributed by atoms with van der Waals surface area (Å²) in [7, 11) is 0. The minimum Gasteiger partial charge on any atom is -0.393 e. The summed E-state index contributed by atoms with van der Waals surface area (Å²) in [6, 6.07) is 8.21. The minimum absolute atomic E-state index is 0.179. The number of fused-ring (bicyclic) bond motifs is 1. The molecule has 0 radical (unpaired) electrons. The van der Waals surface area contributed by atoms with Crippen LogP contribution in [0.4, 0.5) is 5.69 Å². The summed E-state index contributed by atoms with van der Waals surface area (Å²) >= 11 is 1.86. The molecular weight excluding hydrogens is 296 g/mol. The zero-order valence-electron chi connectivity index (χ0n) is 13.1. The van der Waals surface area contributed by atoms with Crippen molar-refractivity contribution in [2.75, 3.05) is 31.1 Å². The van der Waals surface area contributed by atoms with Gasteiger partial charge in [-0.3, -0.25) is 9.69 Å². The third kappa shape index (κ3) is 3.65. The molecule has 0 bridgehead atoms. The van der Waals surface area contributed by atoms with Gasteiger partial charge in [-0.05, 0) is 31.4 Å². The summed E-state index contributed by atoms with van der Waals surface area (Å²) in [5.74, 6) is 0.179. The van der Waals surface area contributed by atoms with Crippen molar-refractivity contribution in [3.05, 3.63) is 24.3 Å². The van der Waals surface area contributed by atoms with E-state index in [0.717, 1.165) is 44.6 Å². The Bertz CT molecular complexity index is 529. The van der Waals surface area contributed by atoms with Gasteiger partial charge in [0, 0.05) is 29.8 Å². The highest BCUT2D eigenvalue weighted by Gasteiger charge is 2.26. The van der Waals surface area contributed by atoms with Gasteiger partial charge < -0.3 is 10.0 Å². The van der Waals surface area contributed by atoms with Gasteiger partial charge in [0.05, 0.1) is 18.3 Å². The molecule has 22 heavy (non-hydrogen) atoms. The molecule has 1 fully saturated rings. The molecule has 120 valence electrons. The van der Waals surface area contributed by atoms with Crippen LogP contribution in [0.5, 0.6) is 0 Å². The number of aliphatic hydroxyl groups excluding tert-OH is 1. The Morgan fingerprint density at radius 3 is 2.73 bits per heavy atom. The van der Waals surface area contributed by atoms with E-state index in [4.69, 9.17) is 0 Å². The fourth-order valence-electron chi connectivity index (χ4n) is 3.10. The molecule has 3 rings (SSSR count). The fraction of sp³-hybridized carbons (Fsp3) is 0.588. The number of anilines is 1. The van der Waals surface area contributed by atoms with Gasteiger partial charge in [-0.2, -0.15) is 0 Å². The van der Waals surface area contributed by atoms with Crippen LogP contribution in [-0.2, 0) is 4.79 Å². The predicted octanol–water partition coefficient (Wildman–Crippen LogP) is 2.36. The molecule has 2 aliphatic heterocycles. The molecule has 4 nitrogen and oxygen atoms in total. The van der Waals surface area contributed by atoms with Gasteiger partial charge in [0.25, 0.3) is 0 Å². The Hall–Kier alpha value is -1.04. The van der Waals surface area contributed by atoms with Crippen LogP contribution in [-0.4, -0.2) is 53.4 Å². The number of aliphatic hydroxyl groups is 1. The number of rotatable bonds is 2. The first-order chi connectivity index (χ1) is 10.6. The van der Waals surface area contributed by atoms with Crippen molar-refractivity contribution in [3.8, 4) is 0 Å². The maximum absolute atomic E-state index is 12.8. The number of para-hydroxylation sites is 1. The second-order valence-corrected chi connectivity index (χ2v) is 7.72. The molecule has 5 heteroatoms. The standard InChI is InChI=1S/C17H24N2O2S/c1-13-6-11-19(15-4-2-3-5-16(15)22-13)17(21)12-18-9-7-14(20)8-10-18/h2-5,13-14,20H,6-12H2,1H3. The quantitative estimate of drug-likeness (QED) is 0.908. The van der Waals surface area contributed by atoms with Crippen LogP contribution < -0.4 is 4.90 Å². The average Bonchev–Trinajstić information content (AvgIpc) is 2.68. The molecule has 0 saturated carbocycles. The fourth-order valence-corrected chi connectivity index (χ4v) is 4.21. The lowest BCUT2D eigenvalue weighted by Gasteiger charge is -2.31. The highest BCUT2D eigenvalue weighted by Crippen LogP contribution is 2.37. The van der Waals surface area contributed by atoms with Gasteiger partial charge >= 0.3 is 0 Å². The molecule has 2 heterocycles. The largest absolute Gasteiger partial charge is 0.393 e. The maximum Gasteiger partial charge on any atom is 0.241 e. The molecule has 1 aromatic carbocycles. The monoisotopic (exact) mass is 320 g/mol. The van der Waals surface area contributed by atoms with Gasteiger partial charge in [0.1, 0.15) is 0 Å². The number of benzene rings is 1. The number of amides is 1. The summed E-state index contributed by atoms with van der Waals surface area (Å²) < 4.78 is 0. The maximum atomic E-state index is 12.8. The van der Waals surface area contributed by atoms with E-state index >= 15 is 0 Å². The number of piperidine rings is 1. The van der Waals surface area contributed by atoms with Crippen molar-refractivity contribution >= 4 is 23.4 Å². The van der Waals surface area contributed by atoms with E-state index < -0.39 is 0 Å². The molecule has 1 atom stereocenters. The molecule has 1 aromatic rings. The van der Waals surface area contributed by atoms with Crippen LogP contribution in [0.25, 0.3) is 0 Å². The number of thioether (sulfide) groups is 1. The van der Waals surface area contributed by atoms with Crippen LogP contribution in [0.1, 0.15) is 26.2 Å². The third-order valence-corrected chi connectivity index (χ3v) is 5.70. The van der Waals surface area contributed by atoms with E-state index in [9.17, 15) is 9.90 Å². The zero-order chi connectivity index (χ0) is 15.5. The number of nitrogens with zero attached hydrogens (tertiary/aromatic N) is 2.